The highest BCUT2D eigenvalue weighted by atomic mass is 16.5. The van der Waals surface area contributed by atoms with Crippen LogP contribution in [0.1, 0.15) is 12.6 Å². The van der Waals surface area contributed by atoms with Crippen LogP contribution in [0.25, 0.3) is 0 Å². The standard InChI is InChI=1S/C7H13N3O/c1-5-3-7(10-9-5)11-6(2)4-8/h3,6H,4,8H2,1-2H3,(H,9,10). The van der Waals surface area contributed by atoms with Crippen LogP contribution >= 0.6 is 0 Å². The molecule has 62 valence electrons. The lowest BCUT2D eigenvalue weighted by Crippen LogP contribution is -2.22. The monoisotopic (exact) mass is 155 g/mol. The lowest BCUT2D eigenvalue weighted by Gasteiger charge is -2.07. The van der Waals surface area contributed by atoms with Gasteiger partial charge < -0.3 is 10.5 Å². The number of aryl methyl sites for hydroxylation is 1. The minimum atomic E-state index is 0.0256. The van der Waals surface area contributed by atoms with Gasteiger partial charge in [0.1, 0.15) is 6.10 Å². The van der Waals surface area contributed by atoms with Crippen LogP contribution in [-0.4, -0.2) is 22.8 Å². The zero-order valence-corrected chi connectivity index (χ0v) is 6.79. The van der Waals surface area contributed by atoms with E-state index in [9.17, 15) is 0 Å². The van der Waals surface area contributed by atoms with Crippen molar-refractivity contribution < 1.29 is 4.74 Å². The number of nitrogens with one attached hydrogen (secondary N) is 1. The van der Waals surface area contributed by atoms with Crippen molar-refractivity contribution >= 4 is 0 Å². The zero-order valence-electron chi connectivity index (χ0n) is 6.79. The number of ether oxygens (including phenoxy) is 1. The minimum absolute atomic E-state index is 0.0256. The van der Waals surface area contributed by atoms with Gasteiger partial charge in [0.05, 0.1) is 0 Å². The van der Waals surface area contributed by atoms with Gasteiger partial charge >= 0.3 is 0 Å². The molecule has 0 radical (unpaired) electrons. The van der Waals surface area contributed by atoms with E-state index in [0.29, 0.717) is 12.4 Å². The molecule has 1 aromatic rings. The summed E-state index contributed by atoms with van der Waals surface area (Å²) in [6, 6.07) is 1.84. The van der Waals surface area contributed by atoms with Crippen molar-refractivity contribution in [1.29, 1.82) is 0 Å². The van der Waals surface area contributed by atoms with Crippen LogP contribution in [0.5, 0.6) is 5.88 Å². The molecule has 0 saturated carbocycles. The topological polar surface area (TPSA) is 63.9 Å². The molecule has 0 aromatic carbocycles. The Labute approximate surface area is 65.7 Å². The molecule has 0 spiro atoms. The van der Waals surface area contributed by atoms with Crippen molar-refractivity contribution in [1.82, 2.24) is 10.2 Å². The maximum absolute atomic E-state index is 5.36. The maximum atomic E-state index is 5.36. The Kier molecular flexibility index (Phi) is 2.48. The largest absolute Gasteiger partial charge is 0.472 e. The summed E-state index contributed by atoms with van der Waals surface area (Å²) in [5.74, 6) is 0.612. The summed E-state index contributed by atoms with van der Waals surface area (Å²) < 4.78 is 5.32. The van der Waals surface area contributed by atoms with E-state index in [4.69, 9.17) is 10.5 Å². The molecule has 1 rings (SSSR count). The van der Waals surface area contributed by atoms with E-state index in [0.717, 1.165) is 5.69 Å². The second-order valence-corrected chi connectivity index (χ2v) is 2.55. The molecule has 4 heteroatoms. The molecular formula is C7H13N3O. The molecule has 1 heterocycles. The Balaban J connectivity index is 2.50. The van der Waals surface area contributed by atoms with Crippen LogP contribution in [0.15, 0.2) is 6.07 Å². The van der Waals surface area contributed by atoms with Gasteiger partial charge in [-0.2, -0.15) is 0 Å². The van der Waals surface area contributed by atoms with Crippen molar-refractivity contribution in [2.45, 2.75) is 20.0 Å². The third-order valence-corrected chi connectivity index (χ3v) is 1.34. The summed E-state index contributed by atoms with van der Waals surface area (Å²) in [7, 11) is 0. The summed E-state index contributed by atoms with van der Waals surface area (Å²) >= 11 is 0. The van der Waals surface area contributed by atoms with Gasteiger partial charge in [0.15, 0.2) is 0 Å². The smallest absolute Gasteiger partial charge is 0.233 e. The van der Waals surface area contributed by atoms with Gasteiger partial charge in [0.25, 0.3) is 0 Å². The first-order valence-electron chi connectivity index (χ1n) is 3.61. The number of aromatic amines is 1. The molecule has 0 amide bonds. The van der Waals surface area contributed by atoms with E-state index in [1.165, 1.54) is 0 Å². The van der Waals surface area contributed by atoms with Crippen LogP contribution < -0.4 is 10.5 Å². The van der Waals surface area contributed by atoms with E-state index in [1.807, 2.05) is 19.9 Å². The van der Waals surface area contributed by atoms with E-state index in [-0.39, 0.29) is 6.10 Å². The number of aromatic nitrogens is 2. The summed E-state index contributed by atoms with van der Waals surface area (Å²) in [5, 5.41) is 6.68. The Morgan fingerprint density at radius 3 is 3.00 bits per heavy atom. The second kappa shape index (κ2) is 3.39. The summed E-state index contributed by atoms with van der Waals surface area (Å²) in [5.41, 5.74) is 6.35. The predicted octanol–water partition coefficient (Wildman–Crippen LogP) is 0.444. The van der Waals surface area contributed by atoms with Gasteiger partial charge in [-0.05, 0) is 13.8 Å². The van der Waals surface area contributed by atoms with Crippen LogP contribution in [0.4, 0.5) is 0 Å². The molecule has 1 aromatic heterocycles. The first kappa shape index (κ1) is 8.07. The van der Waals surface area contributed by atoms with Gasteiger partial charge in [-0.1, -0.05) is 0 Å². The molecule has 0 fully saturated rings. The highest BCUT2D eigenvalue weighted by molar-refractivity contribution is 5.12. The lowest BCUT2D eigenvalue weighted by molar-refractivity contribution is 0.220. The van der Waals surface area contributed by atoms with Gasteiger partial charge in [-0.3, -0.25) is 5.10 Å². The molecular weight excluding hydrogens is 142 g/mol. The third kappa shape index (κ3) is 2.23. The lowest BCUT2D eigenvalue weighted by atomic mass is 10.4. The molecule has 0 aliphatic heterocycles. The van der Waals surface area contributed by atoms with E-state index < -0.39 is 0 Å². The van der Waals surface area contributed by atoms with E-state index >= 15 is 0 Å². The number of hydrogen-bond donors (Lipinski definition) is 2. The van der Waals surface area contributed by atoms with Crippen molar-refractivity contribution in [2.75, 3.05) is 6.54 Å². The number of H-pyrrole nitrogens is 1. The Morgan fingerprint density at radius 1 is 1.82 bits per heavy atom. The van der Waals surface area contributed by atoms with Crippen LogP contribution in [0.3, 0.4) is 0 Å². The van der Waals surface area contributed by atoms with Gasteiger partial charge in [-0.15, -0.1) is 5.10 Å². The summed E-state index contributed by atoms with van der Waals surface area (Å²) in [6.07, 6.45) is 0.0256. The average Bonchev–Trinajstić information content (AvgIpc) is 2.35. The fourth-order valence-corrected chi connectivity index (χ4v) is 0.708. The molecule has 3 N–H and O–H groups in total. The maximum Gasteiger partial charge on any atom is 0.233 e. The summed E-state index contributed by atoms with van der Waals surface area (Å²) in [6.45, 7) is 4.34. The fraction of sp³-hybridized carbons (Fsp3) is 0.571. The van der Waals surface area contributed by atoms with Crippen molar-refractivity contribution in [3.63, 3.8) is 0 Å². The van der Waals surface area contributed by atoms with Gasteiger partial charge in [0.2, 0.25) is 5.88 Å². The SMILES string of the molecule is Cc1cc(OC(C)CN)n[nH]1. The van der Waals surface area contributed by atoms with Gasteiger partial charge in [-0.25, -0.2) is 0 Å². The summed E-state index contributed by atoms with van der Waals surface area (Å²) in [4.78, 5) is 0. The third-order valence-electron chi connectivity index (χ3n) is 1.34. The molecule has 0 saturated heterocycles. The first-order valence-corrected chi connectivity index (χ1v) is 3.61. The first-order chi connectivity index (χ1) is 5.22. The van der Waals surface area contributed by atoms with E-state index in [2.05, 4.69) is 10.2 Å². The fourth-order valence-electron chi connectivity index (χ4n) is 0.708. The average molecular weight is 155 g/mol. The Bertz CT molecular complexity index is 221. The molecule has 0 aliphatic rings. The number of rotatable bonds is 3. The minimum Gasteiger partial charge on any atom is -0.472 e. The van der Waals surface area contributed by atoms with Crippen molar-refractivity contribution in [2.24, 2.45) is 5.73 Å². The highest BCUT2D eigenvalue weighted by Crippen LogP contribution is 2.08. The van der Waals surface area contributed by atoms with Gasteiger partial charge in [0, 0.05) is 18.3 Å². The second-order valence-electron chi connectivity index (χ2n) is 2.55. The Hall–Kier alpha value is -1.03. The quantitative estimate of drug-likeness (QED) is 0.665. The molecule has 4 nitrogen and oxygen atoms in total. The molecule has 0 aliphatic carbocycles. The normalized spacial score (nSPS) is 13.0. The Morgan fingerprint density at radius 2 is 2.55 bits per heavy atom. The molecule has 11 heavy (non-hydrogen) atoms. The van der Waals surface area contributed by atoms with Crippen LogP contribution in [0.2, 0.25) is 0 Å². The predicted molar refractivity (Wildman–Crippen MR) is 42.5 cm³/mol. The molecule has 1 unspecified atom stereocenters. The highest BCUT2D eigenvalue weighted by Gasteiger charge is 2.02. The van der Waals surface area contributed by atoms with Crippen molar-refractivity contribution in [3.05, 3.63) is 11.8 Å². The zero-order chi connectivity index (χ0) is 8.27. The van der Waals surface area contributed by atoms with Crippen molar-refractivity contribution in [3.8, 4) is 5.88 Å². The number of nitrogens with zero attached hydrogens (tertiary/aromatic N) is 1. The van der Waals surface area contributed by atoms with E-state index in [1.54, 1.807) is 0 Å². The van der Waals surface area contributed by atoms with Crippen LogP contribution in [-0.2, 0) is 0 Å². The molecule has 0 bridgehead atoms. The molecule has 1 atom stereocenters. The number of nitrogens with two attached hydrogens (primary N) is 1. The number of hydrogen-bond acceptors (Lipinski definition) is 3. The van der Waals surface area contributed by atoms with Crippen LogP contribution in [0, 0.1) is 6.92 Å².